The third kappa shape index (κ3) is 12.1. The highest BCUT2D eigenvalue weighted by Gasteiger charge is 2.42. The van der Waals surface area contributed by atoms with E-state index < -0.39 is 114 Å². The zero-order valence-electron chi connectivity index (χ0n) is 39.8. The van der Waals surface area contributed by atoms with Crippen LogP contribution in [-0.2, 0) is 62.4 Å². The molecule has 3 aromatic carbocycles. The second kappa shape index (κ2) is 22.4. The topological polar surface area (TPSA) is 327 Å². The maximum Gasteiger partial charge on any atom is 0.326 e. The molecule has 8 amide bonds. The number of nitrogens with one attached hydrogen (secondary N) is 7. The van der Waals surface area contributed by atoms with Crippen molar-refractivity contribution in [3.8, 4) is 11.5 Å². The van der Waals surface area contributed by atoms with Crippen LogP contribution in [0.1, 0.15) is 69.3 Å². The average Bonchev–Trinajstić information content (AvgIpc) is 4.10. The van der Waals surface area contributed by atoms with Crippen LogP contribution in [0.15, 0.2) is 79.0 Å². The normalized spacial score (nSPS) is 24.0. The van der Waals surface area contributed by atoms with Crippen LogP contribution >= 0.6 is 0 Å². The van der Waals surface area contributed by atoms with Crippen molar-refractivity contribution >= 4 is 64.1 Å². The second-order valence-corrected chi connectivity index (χ2v) is 18.8. The Kier molecular flexibility index (Phi) is 16.1. The molecule has 9 atom stereocenters. The van der Waals surface area contributed by atoms with Crippen LogP contribution in [0.5, 0.6) is 11.5 Å². The number of carbonyl (C=O) groups excluding carboxylic acids is 8. The summed E-state index contributed by atoms with van der Waals surface area (Å²) in [5.74, 6) is -8.45. The maximum absolute atomic E-state index is 15.0. The first-order valence-electron chi connectivity index (χ1n) is 23.7. The monoisotopic (exact) mass is 993 g/mol. The van der Waals surface area contributed by atoms with E-state index in [2.05, 4.69) is 37.2 Å². The van der Waals surface area contributed by atoms with Crippen molar-refractivity contribution in [2.75, 3.05) is 6.54 Å². The molecule has 7 rings (SSSR count). The molecule has 3 aliphatic heterocycles. The van der Waals surface area contributed by atoms with E-state index in [1.807, 2.05) is 0 Å². The lowest BCUT2D eigenvalue weighted by Crippen LogP contribution is -2.61. The zero-order valence-corrected chi connectivity index (χ0v) is 39.8. The van der Waals surface area contributed by atoms with Gasteiger partial charge in [-0.15, -0.1) is 0 Å². The molecule has 22 heteroatoms. The smallest absolute Gasteiger partial charge is 0.326 e. The third-order valence-electron chi connectivity index (χ3n) is 13.1. The summed E-state index contributed by atoms with van der Waals surface area (Å²) < 4.78 is 1.36. The number of amides is 8. The number of aromatic nitrogens is 1. The summed E-state index contributed by atoms with van der Waals surface area (Å²) >= 11 is 0. The number of benzene rings is 3. The van der Waals surface area contributed by atoms with Gasteiger partial charge in [0.2, 0.25) is 41.4 Å². The van der Waals surface area contributed by atoms with E-state index in [-0.39, 0.29) is 61.6 Å². The van der Waals surface area contributed by atoms with Crippen molar-refractivity contribution in [1.82, 2.24) is 46.7 Å². The maximum atomic E-state index is 15.0. The molecule has 0 unspecified atom stereocenters. The molecule has 4 aromatic rings. The first-order valence-corrected chi connectivity index (χ1v) is 23.7. The number of aliphatic carboxylic acids is 1. The molecule has 4 heterocycles. The number of aromatic hydroxyl groups is 2. The van der Waals surface area contributed by atoms with Gasteiger partial charge in [0.15, 0.2) is 6.17 Å². The molecule has 11 N–H and O–H groups in total. The van der Waals surface area contributed by atoms with E-state index in [1.54, 1.807) is 38.1 Å². The van der Waals surface area contributed by atoms with E-state index in [1.165, 1.54) is 71.1 Å². The van der Waals surface area contributed by atoms with Crippen molar-refractivity contribution < 1.29 is 63.6 Å². The van der Waals surface area contributed by atoms with Crippen LogP contribution in [-0.4, -0.2) is 138 Å². The van der Waals surface area contributed by atoms with E-state index in [0.717, 1.165) is 0 Å². The van der Waals surface area contributed by atoms with Crippen molar-refractivity contribution in [2.45, 2.75) is 120 Å². The number of hydrogen-bond donors (Lipinski definition) is 11. The molecular weight excluding hydrogens is 935 g/mol. The number of aliphatic hydroxyl groups excluding tert-OH is 1. The van der Waals surface area contributed by atoms with Crippen LogP contribution in [0, 0.1) is 5.92 Å². The molecule has 2 saturated heterocycles. The highest BCUT2D eigenvalue weighted by atomic mass is 16.4. The Hall–Kier alpha value is -8.01. The number of hydrogen-bond acceptors (Lipinski definition) is 12. The number of nitrogens with zero attached hydrogens (tertiary/aromatic N) is 2. The van der Waals surface area contributed by atoms with Gasteiger partial charge in [-0.25, -0.2) is 4.79 Å². The number of likely N-dealkylation sites (tertiary alicyclic amines) is 1. The van der Waals surface area contributed by atoms with Crippen LogP contribution in [0.3, 0.4) is 0 Å². The fraction of sp³-hybridized carbons (Fsp3) is 0.420. The van der Waals surface area contributed by atoms with Gasteiger partial charge in [-0.3, -0.25) is 38.4 Å². The summed E-state index contributed by atoms with van der Waals surface area (Å²) in [5, 5.41) is 60.0. The SMILES string of the molecule is CC(C)[C@@H]1NC(=O)[C@H](NC(=O)[C@H](Cc2ccc(O)cc2)NC(=O)[C@@H]2CCCN2C(=O)[C@@H]2CCC(=O)N2)n2cc(c3ccccc32)C[C@@H](C(=O)O)NC(=O)[C@H]([C@@H](C)O)NC(=O)[C@H](Cc2ccc(O)cc2)NC1=O. The standard InChI is InChI=1S/C50H59N9O13/c1-25(2)40-46(67)53-34(21-27-10-14-30(61)15-11-27)43(64)56-41(26(3)60)47(68)54-36(50(71)72)23-29-24-59(37-8-5-4-7-32(29)37)42(48(69)55-40)57-44(65)35(22-28-12-16-31(62)17-13-28)52-45(66)38-9-6-20-58(38)49(70)33-18-19-39(63)51-33/h4-5,7-8,10-17,24-26,33-36,38,40-42,60-62H,6,9,18-23H2,1-3H3,(H,51,63)(H,52,66)(H,53,67)(H,54,68)(H,55,69)(H,56,64)(H,57,65)(H,71,72)/t26-,33+,34+,35+,36+,38+,40+,41+,42-/m1/s1. The van der Waals surface area contributed by atoms with Gasteiger partial charge in [-0.2, -0.15) is 0 Å². The Balaban J connectivity index is 1.28. The van der Waals surface area contributed by atoms with Gasteiger partial charge in [0.05, 0.1) is 11.6 Å². The molecule has 0 saturated carbocycles. The highest BCUT2D eigenvalue weighted by Crippen LogP contribution is 2.27. The molecule has 22 nitrogen and oxygen atoms in total. The summed E-state index contributed by atoms with van der Waals surface area (Å²) in [6.45, 7) is 4.69. The summed E-state index contributed by atoms with van der Waals surface area (Å²) in [6, 6.07) is 8.54. The minimum Gasteiger partial charge on any atom is -0.508 e. The molecule has 0 radical (unpaired) electrons. The first-order chi connectivity index (χ1) is 34.3. The predicted octanol–water partition coefficient (Wildman–Crippen LogP) is -0.476. The van der Waals surface area contributed by atoms with Gasteiger partial charge in [0, 0.05) is 43.8 Å². The van der Waals surface area contributed by atoms with Gasteiger partial charge in [0.25, 0.3) is 5.91 Å². The fourth-order valence-electron chi connectivity index (χ4n) is 9.24. The van der Waals surface area contributed by atoms with E-state index >= 15 is 4.79 Å². The van der Waals surface area contributed by atoms with Gasteiger partial charge in [-0.05, 0) is 79.1 Å². The third-order valence-corrected chi connectivity index (χ3v) is 13.1. The number of phenols is 2. The van der Waals surface area contributed by atoms with Gasteiger partial charge < -0.3 is 67.1 Å². The molecule has 382 valence electrons. The molecular formula is C50H59N9O13. The minimum atomic E-state index is -1.75. The van der Waals surface area contributed by atoms with E-state index in [9.17, 15) is 58.8 Å². The fourth-order valence-corrected chi connectivity index (χ4v) is 9.24. The molecule has 0 spiro atoms. The average molecular weight is 994 g/mol. The summed E-state index contributed by atoms with van der Waals surface area (Å²) in [6.07, 6.45) is -1.56. The van der Waals surface area contributed by atoms with E-state index in [4.69, 9.17) is 0 Å². The largest absolute Gasteiger partial charge is 0.508 e. The Morgan fingerprint density at radius 3 is 2.00 bits per heavy atom. The van der Waals surface area contributed by atoms with Crippen LogP contribution < -0.4 is 37.2 Å². The summed E-state index contributed by atoms with van der Waals surface area (Å²) in [7, 11) is 0. The lowest BCUT2D eigenvalue weighted by molar-refractivity contribution is -0.143. The number of rotatable bonds is 12. The van der Waals surface area contributed by atoms with Gasteiger partial charge >= 0.3 is 5.97 Å². The van der Waals surface area contributed by atoms with Crippen LogP contribution in [0.4, 0.5) is 0 Å². The van der Waals surface area contributed by atoms with Crippen molar-refractivity contribution in [3.05, 3.63) is 95.7 Å². The van der Waals surface area contributed by atoms with Gasteiger partial charge in [0.1, 0.15) is 53.8 Å². The summed E-state index contributed by atoms with van der Waals surface area (Å²) in [5.41, 5.74) is 1.51. The Morgan fingerprint density at radius 2 is 1.38 bits per heavy atom. The number of carbonyl (C=O) groups is 9. The Bertz CT molecular complexity index is 2720. The predicted molar refractivity (Wildman–Crippen MR) is 256 cm³/mol. The Labute approximate surface area is 413 Å². The minimum absolute atomic E-state index is 0.0694. The summed E-state index contributed by atoms with van der Waals surface area (Å²) in [4.78, 5) is 126. The molecule has 2 fully saturated rings. The van der Waals surface area contributed by atoms with Crippen LogP contribution in [0.25, 0.3) is 10.9 Å². The molecule has 2 bridgehead atoms. The number of phenolic OH excluding ortho intramolecular Hbond substituents is 2. The molecule has 0 aliphatic carbocycles. The number of fused-ring (bicyclic) bond motifs is 5. The lowest BCUT2D eigenvalue weighted by Gasteiger charge is -2.30. The molecule has 72 heavy (non-hydrogen) atoms. The lowest BCUT2D eigenvalue weighted by atomic mass is 10.00. The number of carboxylic acids is 1. The van der Waals surface area contributed by atoms with Gasteiger partial charge in [-0.1, -0.05) is 56.3 Å². The molecule has 3 aliphatic rings. The zero-order chi connectivity index (χ0) is 52.0. The van der Waals surface area contributed by atoms with Crippen molar-refractivity contribution in [2.24, 2.45) is 5.92 Å². The highest BCUT2D eigenvalue weighted by molar-refractivity contribution is 5.99. The first kappa shape index (κ1) is 51.8. The Morgan fingerprint density at radius 1 is 0.736 bits per heavy atom. The number of carboxylic acid groups (broad SMARTS) is 1. The van der Waals surface area contributed by atoms with Crippen molar-refractivity contribution in [1.29, 1.82) is 0 Å². The van der Waals surface area contributed by atoms with Crippen molar-refractivity contribution in [3.63, 3.8) is 0 Å². The molecule has 1 aromatic heterocycles. The number of aliphatic hydroxyl groups is 1. The van der Waals surface area contributed by atoms with E-state index in [0.29, 0.717) is 28.5 Å². The number of para-hydroxylation sites is 1. The second-order valence-electron chi connectivity index (χ2n) is 18.8. The van der Waals surface area contributed by atoms with Crippen LogP contribution in [0.2, 0.25) is 0 Å². The quantitative estimate of drug-likeness (QED) is 0.0856.